The van der Waals surface area contributed by atoms with Gasteiger partial charge in [0.05, 0.1) is 10.8 Å². The molecule has 0 bridgehead atoms. The van der Waals surface area contributed by atoms with E-state index in [2.05, 4.69) is 0 Å². The highest BCUT2D eigenvalue weighted by atomic mass is 32.1. The van der Waals surface area contributed by atoms with Gasteiger partial charge in [-0.2, -0.15) is 0 Å². The number of carbonyl (C=O) groups is 2. The number of rotatable bonds is 5. The highest BCUT2D eigenvalue weighted by Gasteiger charge is 2.27. The lowest BCUT2D eigenvalue weighted by Gasteiger charge is -2.13. The van der Waals surface area contributed by atoms with Crippen molar-refractivity contribution in [3.63, 3.8) is 0 Å². The van der Waals surface area contributed by atoms with Crippen LogP contribution in [-0.2, 0) is 9.53 Å². The van der Waals surface area contributed by atoms with Crippen LogP contribution in [0.3, 0.4) is 0 Å². The Labute approximate surface area is 93.1 Å². The molecule has 1 aromatic heterocycles. The normalized spacial score (nSPS) is 14.6. The number of hydrogen-bond donors (Lipinski definition) is 0. The minimum atomic E-state index is -0.626. The molecule has 2 atom stereocenters. The summed E-state index contributed by atoms with van der Waals surface area (Å²) in [6.07, 6.45) is -0.524. The summed E-state index contributed by atoms with van der Waals surface area (Å²) in [6, 6.07) is 3.53. The maximum Gasteiger partial charge on any atom is 0.183 e. The highest BCUT2D eigenvalue weighted by molar-refractivity contribution is 7.12. The van der Waals surface area contributed by atoms with E-state index in [0.29, 0.717) is 4.88 Å². The Morgan fingerprint density at radius 1 is 1.40 bits per heavy atom. The maximum atomic E-state index is 11.8. The molecule has 4 heteroatoms. The smallest absolute Gasteiger partial charge is 0.183 e. The molecule has 0 fully saturated rings. The Morgan fingerprint density at radius 2 is 2.07 bits per heavy atom. The largest absolute Gasteiger partial charge is 0.374 e. The molecule has 82 valence electrons. The molecule has 1 heterocycles. The Balaban J connectivity index is 2.73. The quantitative estimate of drug-likeness (QED) is 0.571. The molecule has 0 aromatic carbocycles. The van der Waals surface area contributed by atoms with Gasteiger partial charge >= 0.3 is 0 Å². The van der Waals surface area contributed by atoms with E-state index in [1.807, 2.05) is 5.38 Å². The van der Waals surface area contributed by atoms with Crippen LogP contribution in [0.15, 0.2) is 17.5 Å². The first-order valence-electron chi connectivity index (χ1n) is 4.72. The number of methoxy groups -OCH3 is 1. The van der Waals surface area contributed by atoms with Gasteiger partial charge < -0.3 is 4.74 Å². The van der Waals surface area contributed by atoms with Gasteiger partial charge in [0, 0.05) is 7.11 Å². The minimum Gasteiger partial charge on any atom is -0.374 e. The van der Waals surface area contributed by atoms with E-state index in [1.165, 1.54) is 18.4 Å². The summed E-state index contributed by atoms with van der Waals surface area (Å²) in [6.45, 7) is 3.28. The molecule has 0 spiro atoms. The minimum absolute atomic E-state index is 0.126. The molecule has 0 aliphatic heterocycles. The first-order chi connectivity index (χ1) is 7.07. The van der Waals surface area contributed by atoms with Crippen molar-refractivity contribution in [3.8, 4) is 0 Å². The lowest BCUT2D eigenvalue weighted by molar-refractivity contribution is -0.129. The third-order valence-electron chi connectivity index (χ3n) is 2.34. The van der Waals surface area contributed by atoms with Crippen LogP contribution in [0.4, 0.5) is 0 Å². The third-order valence-corrected chi connectivity index (χ3v) is 3.22. The Kier molecular flexibility index (Phi) is 4.17. The fraction of sp³-hybridized carbons (Fsp3) is 0.455. The van der Waals surface area contributed by atoms with Crippen molar-refractivity contribution in [2.24, 2.45) is 5.92 Å². The van der Waals surface area contributed by atoms with Gasteiger partial charge in [-0.05, 0) is 25.3 Å². The first-order valence-corrected chi connectivity index (χ1v) is 5.60. The van der Waals surface area contributed by atoms with Gasteiger partial charge in [-0.3, -0.25) is 9.59 Å². The van der Waals surface area contributed by atoms with Crippen molar-refractivity contribution in [2.45, 2.75) is 20.0 Å². The monoisotopic (exact) mass is 226 g/mol. The second-order valence-electron chi connectivity index (χ2n) is 3.34. The first kappa shape index (κ1) is 12.1. The fourth-order valence-electron chi connectivity index (χ4n) is 1.23. The summed E-state index contributed by atoms with van der Waals surface area (Å²) in [5.41, 5.74) is 0. The lowest BCUT2D eigenvalue weighted by Crippen LogP contribution is -2.30. The molecule has 1 aromatic rings. The molecular formula is C11H14O3S. The van der Waals surface area contributed by atoms with Crippen molar-refractivity contribution in [1.82, 2.24) is 0 Å². The third kappa shape index (κ3) is 2.73. The van der Waals surface area contributed by atoms with Gasteiger partial charge in [-0.1, -0.05) is 6.07 Å². The van der Waals surface area contributed by atoms with E-state index < -0.39 is 12.0 Å². The molecule has 0 N–H and O–H groups in total. The SMILES string of the molecule is COC(C)C(=O)C(C)C(=O)c1cccs1. The zero-order chi connectivity index (χ0) is 11.4. The summed E-state index contributed by atoms with van der Waals surface area (Å²) in [5, 5.41) is 1.82. The molecular weight excluding hydrogens is 212 g/mol. The number of Topliss-reactive ketones (excluding diaryl/α,β-unsaturated/α-hetero) is 2. The standard InChI is InChI=1S/C11H14O3S/c1-7(10(12)8(2)14-3)11(13)9-5-4-6-15-9/h4-8H,1-3H3. The fourth-order valence-corrected chi connectivity index (χ4v) is 1.98. The lowest BCUT2D eigenvalue weighted by atomic mass is 9.97. The van der Waals surface area contributed by atoms with Crippen molar-refractivity contribution in [3.05, 3.63) is 22.4 Å². The van der Waals surface area contributed by atoms with Crippen molar-refractivity contribution in [2.75, 3.05) is 7.11 Å². The van der Waals surface area contributed by atoms with Crippen LogP contribution < -0.4 is 0 Å². The summed E-state index contributed by atoms with van der Waals surface area (Å²) in [7, 11) is 1.46. The molecule has 0 aliphatic rings. The average molecular weight is 226 g/mol. The highest BCUT2D eigenvalue weighted by Crippen LogP contribution is 2.16. The van der Waals surface area contributed by atoms with E-state index in [4.69, 9.17) is 4.74 Å². The van der Waals surface area contributed by atoms with Gasteiger partial charge in [0.25, 0.3) is 0 Å². The number of thiophene rings is 1. The topological polar surface area (TPSA) is 43.4 Å². The molecule has 0 radical (unpaired) electrons. The molecule has 0 aliphatic carbocycles. The van der Waals surface area contributed by atoms with Gasteiger partial charge in [0.15, 0.2) is 11.6 Å². The van der Waals surface area contributed by atoms with E-state index in [0.717, 1.165) is 0 Å². The van der Waals surface area contributed by atoms with Crippen LogP contribution in [0, 0.1) is 5.92 Å². The van der Waals surface area contributed by atoms with E-state index in [1.54, 1.807) is 26.0 Å². The molecule has 15 heavy (non-hydrogen) atoms. The van der Waals surface area contributed by atoms with Gasteiger partial charge in [-0.15, -0.1) is 11.3 Å². The Morgan fingerprint density at radius 3 is 2.53 bits per heavy atom. The van der Waals surface area contributed by atoms with Crippen LogP contribution in [0.2, 0.25) is 0 Å². The van der Waals surface area contributed by atoms with Crippen LogP contribution >= 0.6 is 11.3 Å². The Bertz CT molecular complexity index is 343. The molecule has 2 unspecified atom stereocenters. The van der Waals surface area contributed by atoms with Gasteiger partial charge in [0.2, 0.25) is 0 Å². The number of carbonyl (C=O) groups excluding carboxylic acids is 2. The maximum absolute atomic E-state index is 11.8. The number of ketones is 2. The van der Waals surface area contributed by atoms with Crippen molar-refractivity contribution >= 4 is 22.9 Å². The summed E-state index contributed by atoms with van der Waals surface area (Å²) < 4.78 is 4.90. The molecule has 0 saturated carbocycles. The second-order valence-corrected chi connectivity index (χ2v) is 4.29. The van der Waals surface area contributed by atoms with Crippen LogP contribution in [-0.4, -0.2) is 24.8 Å². The number of ether oxygens (including phenoxy) is 1. The predicted octanol–water partition coefficient (Wildman–Crippen LogP) is 2.17. The zero-order valence-corrected chi connectivity index (χ0v) is 9.84. The van der Waals surface area contributed by atoms with Crippen LogP contribution in [0.1, 0.15) is 23.5 Å². The molecule has 3 nitrogen and oxygen atoms in total. The molecule has 0 amide bonds. The van der Waals surface area contributed by atoms with Crippen LogP contribution in [0.5, 0.6) is 0 Å². The van der Waals surface area contributed by atoms with Gasteiger partial charge in [-0.25, -0.2) is 0 Å². The van der Waals surface area contributed by atoms with Crippen molar-refractivity contribution < 1.29 is 14.3 Å². The summed E-state index contributed by atoms with van der Waals surface area (Å²) >= 11 is 1.35. The molecule has 1 rings (SSSR count). The van der Waals surface area contributed by atoms with Gasteiger partial charge in [0.1, 0.15) is 6.10 Å². The summed E-state index contributed by atoms with van der Waals surface area (Å²) in [4.78, 5) is 24.1. The molecule has 0 saturated heterocycles. The zero-order valence-electron chi connectivity index (χ0n) is 9.02. The van der Waals surface area contributed by atoms with Crippen molar-refractivity contribution in [1.29, 1.82) is 0 Å². The van der Waals surface area contributed by atoms with E-state index in [9.17, 15) is 9.59 Å². The average Bonchev–Trinajstić information content (AvgIpc) is 2.78. The predicted molar refractivity (Wildman–Crippen MR) is 59.3 cm³/mol. The second kappa shape index (κ2) is 5.19. The van der Waals surface area contributed by atoms with E-state index in [-0.39, 0.29) is 11.6 Å². The van der Waals surface area contributed by atoms with E-state index >= 15 is 0 Å². The van der Waals surface area contributed by atoms with Crippen LogP contribution in [0.25, 0.3) is 0 Å². The number of hydrogen-bond acceptors (Lipinski definition) is 4. The summed E-state index contributed by atoms with van der Waals surface area (Å²) in [5.74, 6) is -0.923. The Hall–Kier alpha value is -1.000.